The van der Waals surface area contributed by atoms with Crippen molar-refractivity contribution in [2.45, 2.75) is 45.6 Å². The number of carboxylic acid groups (broad SMARTS) is 1. The van der Waals surface area contributed by atoms with E-state index in [1.54, 1.807) is 17.3 Å². The third-order valence-electron chi connectivity index (χ3n) is 7.27. The summed E-state index contributed by atoms with van der Waals surface area (Å²) in [5.74, 6) is 0.613. The van der Waals surface area contributed by atoms with Crippen molar-refractivity contribution in [3.8, 4) is 16.9 Å². The molecule has 0 spiro atoms. The molecule has 2 amide bonds. The van der Waals surface area contributed by atoms with E-state index in [-0.39, 0.29) is 24.5 Å². The van der Waals surface area contributed by atoms with Gasteiger partial charge in [0.15, 0.2) is 0 Å². The summed E-state index contributed by atoms with van der Waals surface area (Å²) in [5, 5.41) is 12.1. The number of carbonyl (C=O) groups is 2. The second-order valence-corrected chi connectivity index (χ2v) is 9.85. The first-order valence-electron chi connectivity index (χ1n) is 13.2. The zero-order chi connectivity index (χ0) is 26.6. The third kappa shape index (κ3) is 5.41. The fourth-order valence-corrected chi connectivity index (χ4v) is 5.13. The molecule has 1 fully saturated rings. The molecule has 3 aromatic rings. The molecule has 198 valence electrons. The summed E-state index contributed by atoms with van der Waals surface area (Å²) in [6.07, 6.45) is 6.04. The largest absolute Gasteiger partial charge is 0.486 e. The highest BCUT2D eigenvalue weighted by molar-refractivity contribution is 6.03. The molecule has 2 aromatic carbocycles. The summed E-state index contributed by atoms with van der Waals surface area (Å²) >= 11 is 0. The van der Waals surface area contributed by atoms with Crippen LogP contribution in [0.25, 0.3) is 11.1 Å². The standard InChI is InChI=1S/C29H33N5O4/c1-3-20-7-5-6-8-24(20)32-29(37)34-18-23(4-2)38-26-14-21(9-10-25(26)34)22-15-30-28(31-16-22)33-12-11-19(17-33)13-27(35)36/h5-10,14-16,19,23H,3-4,11-13,17-18H2,1-2H3,(H,32,37)(H,35,36). The lowest BCUT2D eigenvalue weighted by atomic mass is 10.1. The first kappa shape index (κ1) is 25.5. The molecule has 1 saturated heterocycles. The third-order valence-corrected chi connectivity index (χ3v) is 7.27. The molecule has 2 aliphatic rings. The summed E-state index contributed by atoms with van der Waals surface area (Å²) in [7, 11) is 0. The fourth-order valence-electron chi connectivity index (χ4n) is 5.13. The lowest BCUT2D eigenvalue weighted by Crippen LogP contribution is -2.45. The highest BCUT2D eigenvalue weighted by Gasteiger charge is 2.30. The van der Waals surface area contributed by atoms with Gasteiger partial charge in [0.2, 0.25) is 5.95 Å². The maximum absolute atomic E-state index is 13.4. The van der Waals surface area contributed by atoms with Crippen molar-refractivity contribution in [1.82, 2.24) is 9.97 Å². The average molecular weight is 516 g/mol. The first-order valence-corrected chi connectivity index (χ1v) is 13.2. The van der Waals surface area contributed by atoms with E-state index in [1.807, 2.05) is 54.3 Å². The van der Waals surface area contributed by atoms with Crippen molar-refractivity contribution in [3.05, 3.63) is 60.4 Å². The summed E-state index contributed by atoms with van der Waals surface area (Å²) in [6.45, 7) is 6.00. The number of aryl methyl sites for hydroxylation is 1. The van der Waals surface area contributed by atoms with Crippen LogP contribution < -0.4 is 19.9 Å². The van der Waals surface area contributed by atoms with Crippen LogP contribution in [0.1, 0.15) is 38.7 Å². The molecular formula is C29H33N5O4. The van der Waals surface area contributed by atoms with Crippen molar-refractivity contribution in [3.63, 3.8) is 0 Å². The number of hydrogen-bond acceptors (Lipinski definition) is 6. The Bertz CT molecular complexity index is 1310. The van der Waals surface area contributed by atoms with Crippen LogP contribution in [0.5, 0.6) is 5.75 Å². The van der Waals surface area contributed by atoms with Gasteiger partial charge < -0.3 is 20.1 Å². The first-order chi connectivity index (χ1) is 18.4. The molecule has 0 radical (unpaired) electrons. The van der Waals surface area contributed by atoms with Crippen molar-refractivity contribution in [2.24, 2.45) is 5.92 Å². The molecule has 0 aliphatic carbocycles. The zero-order valence-corrected chi connectivity index (χ0v) is 21.8. The van der Waals surface area contributed by atoms with Crippen molar-refractivity contribution < 1.29 is 19.4 Å². The number of anilines is 3. The zero-order valence-electron chi connectivity index (χ0n) is 21.8. The number of carboxylic acids is 1. The Kier molecular flexibility index (Phi) is 7.44. The van der Waals surface area contributed by atoms with E-state index in [1.165, 1.54) is 0 Å². The molecule has 0 saturated carbocycles. The summed E-state index contributed by atoms with van der Waals surface area (Å²) in [6, 6.07) is 13.5. The van der Waals surface area contributed by atoms with Crippen LogP contribution in [0.2, 0.25) is 0 Å². The number of para-hydroxylation sites is 1. The predicted octanol–water partition coefficient (Wildman–Crippen LogP) is 5.22. The Morgan fingerprint density at radius 2 is 1.87 bits per heavy atom. The number of nitrogens with zero attached hydrogens (tertiary/aromatic N) is 4. The Labute approximate surface area is 222 Å². The summed E-state index contributed by atoms with van der Waals surface area (Å²) in [5.41, 5.74) is 4.37. The van der Waals surface area contributed by atoms with E-state index in [0.717, 1.165) is 53.9 Å². The van der Waals surface area contributed by atoms with Gasteiger partial charge in [0.1, 0.15) is 11.9 Å². The molecular weight excluding hydrogens is 482 g/mol. The number of aliphatic carboxylic acids is 1. The van der Waals surface area contributed by atoms with Gasteiger partial charge in [-0.25, -0.2) is 14.8 Å². The number of aromatic nitrogens is 2. The summed E-state index contributed by atoms with van der Waals surface area (Å²) in [4.78, 5) is 37.3. The molecule has 2 unspecified atom stereocenters. The average Bonchev–Trinajstić information content (AvgIpc) is 3.40. The number of nitrogens with one attached hydrogen (secondary N) is 1. The minimum atomic E-state index is -0.769. The lowest BCUT2D eigenvalue weighted by Gasteiger charge is -2.35. The van der Waals surface area contributed by atoms with Gasteiger partial charge in [0, 0.05) is 43.2 Å². The minimum Gasteiger partial charge on any atom is -0.486 e. The lowest BCUT2D eigenvalue weighted by molar-refractivity contribution is -0.137. The van der Waals surface area contributed by atoms with Crippen LogP contribution in [0, 0.1) is 5.92 Å². The van der Waals surface area contributed by atoms with Gasteiger partial charge in [0.25, 0.3) is 0 Å². The number of rotatable bonds is 7. The second-order valence-electron chi connectivity index (χ2n) is 9.85. The number of fused-ring (bicyclic) bond motifs is 1. The Hall–Kier alpha value is -4.14. The van der Waals surface area contributed by atoms with Crippen LogP contribution in [0.15, 0.2) is 54.9 Å². The molecule has 2 atom stereocenters. The van der Waals surface area contributed by atoms with Gasteiger partial charge in [-0.3, -0.25) is 9.69 Å². The van der Waals surface area contributed by atoms with E-state index in [2.05, 4.69) is 22.2 Å². The molecule has 0 bridgehead atoms. The number of ether oxygens (including phenoxy) is 1. The molecule has 9 nitrogen and oxygen atoms in total. The highest BCUT2D eigenvalue weighted by atomic mass is 16.5. The van der Waals surface area contributed by atoms with E-state index in [0.29, 0.717) is 24.8 Å². The predicted molar refractivity (Wildman–Crippen MR) is 147 cm³/mol. The molecule has 2 N–H and O–H groups in total. The maximum atomic E-state index is 13.4. The molecule has 3 heterocycles. The number of hydrogen-bond donors (Lipinski definition) is 2. The number of benzene rings is 2. The SMILES string of the molecule is CCc1ccccc1NC(=O)N1CC(CC)Oc2cc(-c3cnc(N4CCC(CC(=O)O)C4)nc3)ccc21. The van der Waals surface area contributed by atoms with Crippen molar-refractivity contribution in [1.29, 1.82) is 0 Å². The smallest absolute Gasteiger partial charge is 0.326 e. The van der Waals surface area contributed by atoms with Gasteiger partial charge in [-0.05, 0) is 54.5 Å². The molecule has 1 aromatic heterocycles. The van der Waals surface area contributed by atoms with Crippen molar-refractivity contribution >= 4 is 29.3 Å². The topological polar surface area (TPSA) is 108 Å². The van der Waals surface area contributed by atoms with Gasteiger partial charge in [-0.2, -0.15) is 0 Å². The maximum Gasteiger partial charge on any atom is 0.326 e. The van der Waals surface area contributed by atoms with E-state index >= 15 is 0 Å². The number of urea groups is 1. The fraction of sp³-hybridized carbons (Fsp3) is 0.379. The second kappa shape index (κ2) is 11.1. The highest BCUT2D eigenvalue weighted by Crippen LogP contribution is 2.38. The van der Waals surface area contributed by atoms with Crippen LogP contribution in [0.4, 0.5) is 22.1 Å². The number of carbonyl (C=O) groups excluding carboxylic acids is 1. The molecule has 2 aliphatic heterocycles. The van der Waals surface area contributed by atoms with Gasteiger partial charge in [0.05, 0.1) is 12.2 Å². The van der Waals surface area contributed by atoms with Gasteiger partial charge in [-0.1, -0.05) is 38.1 Å². The monoisotopic (exact) mass is 515 g/mol. The van der Waals surface area contributed by atoms with Crippen molar-refractivity contribution in [2.75, 3.05) is 34.8 Å². The van der Waals surface area contributed by atoms with Crippen LogP contribution >= 0.6 is 0 Å². The van der Waals surface area contributed by atoms with Crippen LogP contribution in [-0.4, -0.2) is 52.8 Å². The Morgan fingerprint density at radius 3 is 2.61 bits per heavy atom. The van der Waals surface area contributed by atoms with Gasteiger partial charge >= 0.3 is 12.0 Å². The molecule has 38 heavy (non-hydrogen) atoms. The van der Waals surface area contributed by atoms with Crippen LogP contribution in [0.3, 0.4) is 0 Å². The quantitative estimate of drug-likeness (QED) is 0.444. The minimum absolute atomic E-state index is 0.113. The van der Waals surface area contributed by atoms with E-state index < -0.39 is 5.97 Å². The normalized spacial score (nSPS) is 18.6. The number of amides is 2. The molecule has 5 rings (SSSR count). The van der Waals surface area contributed by atoms with Gasteiger partial charge in [-0.15, -0.1) is 0 Å². The van der Waals surface area contributed by atoms with E-state index in [9.17, 15) is 9.59 Å². The van der Waals surface area contributed by atoms with E-state index in [4.69, 9.17) is 9.84 Å². The Balaban J connectivity index is 1.34. The van der Waals surface area contributed by atoms with Crippen LogP contribution in [-0.2, 0) is 11.2 Å². The summed E-state index contributed by atoms with van der Waals surface area (Å²) < 4.78 is 6.25. The molecule has 9 heteroatoms. The Morgan fingerprint density at radius 1 is 1.08 bits per heavy atom.